The van der Waals surface area contributed by atoms with Crippen LogP contribution in [0.25, 0.3) is 11.1 Å². The van der Waals surface area contributed by atoms with E-state index in [1.165, 1.54) is 0 Å². The number of carbonyl (C=O) groups is 3. The van der Waals surface area contributed by atoms with Crippen molar-refractivity contribution < 1.29 is 24.2 Å². The van der Waals surface area contributed by atoms with Crippen molar-refractivity contribution in [2.75, 3.05) is 19.7 Å². The molecule has 0 bridgehead atoms. The summed E-state index contributed by atoms with van der Waals surface area (Å²) in [5.41, 5.74) is 3.95. The third-order valence-corrected chi connectivity index (χ3v) is 6.96. The molecule has 0 radical (unpaired) electrons. The molecule has 1 heterocycles. The molecule has 34 heavy (non-hydrogen) atoms. The van der Waals surface area contributed by atoms with Gasteiger partial charge < -0.3 is 20.1 Å². The van der Waals surface area contributed by atoms with E-state index in [0.29, 0.717) is 6.54 Å². The number of alkyl carbamates (subject to hydrolysis) is 1. The molecule has 1 fully saturated rings. The summed E-state index contributed by atoms with van der Waals surface area (Å²) in [6, 6.07) is 15.4. The molecule has 1 aliphatic carbocycles. The second kappa shape index (κ2) is 9.12. The van der Waals surface area contributed by atoms with Gasteiger partial charge in [0.05, 0.1) is 5.92 Å². The van der Waals surface area contributed by atoms with Gasteiger partial charge in [-0.05, 0) is 33.6 Å². The standard InChI is InChI=1S/C27H32N2O5/c1-16-13-29(14-21(16)25(31)32)24(30)23(27(2,3)4)28-26(33)34-15-22-19-11-7-5-9-17(19)18-10-6-8-12-20(18)22/h5-12,16,21-23H,13-15H2,1-4H3,(H,28,33)(H,31,32)/t16-,21-,23-/m1/s1. The summed E-state index contributed by atoms with van der Waals surface area (Å²) >= 11 is 0. The van der Waals surface area contributed by atoms with Gasteiger partial charge in [0.25, 0.3) is 0 Å². The van der Waals surface area contributed by atoms with Crippen LogP contribution in [-0.4, -0.2) is 53.7 Å². The molecule has 1 aliphatic heterocycles. The number of benzene rings is 2. The Morgan fingerprint density at radius 1 is 1.03 bits per heavy atom. The molecule has 0 saturated carbocycles. The third kappa shape index (κ3) is 4.52. The normalized spacial score (nSPS) is 20.4. The predicted molar refractivity (Wildman–Crippen MR) is 128 cm³/mol. The molecule has 0 aromatic heterocycles. The second-order valence-corrected chi connectivity index (χ2v) is 10.4. The molecule has 2 N–H and O–H groups in total. The van der Waals surface area contributed by atoms with Crippen LogP contribution in [-0.2, 0) is 14.3 Å². The molecule has 3 atom stereocenters. The summed E-state index contributed by atoms with van der Waals surface area (Å²) in [5.74, 6) is -2.00. The number of amides is 2. The zero-order valence-electron chi connectivity index (χ0n) is 20.1. The van der Waals surface area contributed by atoms with Crippen LogP contribution < -0.4 is 5.32 Å². The molecular weight excluding hydrogens is 432 g/mol. The highest BCUT2D eigenvalue weighted by molar-refractivity contribution is 5.87. The minimum Gasteiger partial charge on any atom is -0.481 e. The van der Waals surface area contributed by atoms with Crippen molar-refractivity contribution >= 4 is 18.0 Å². The highest BCUT2D eigenvalue weighted by atomic mass is 16.5. The van der Waals surface area contributed by atoms with E-state index in [-0.39, 0.29) is 30.9 Å². The van der Waals surface area contributed by atoms with Crippen molar-refractivity contribution in [2.45, 2.75) is 39.7 Å². The summed E-state index contributed by atoms with van der Waals surface area (Å²) < 4.78 is 5.64. The van der Waals surface area contributed by atoms with Gasteiger partial charge in [0, 0.05) is 19.0 Å². The Hall–Kier alpha value is -3.35. The lowest BCUT2D eigenvalue weighted by molar-refractivity contribution is -0.142. The predicted octanol–water partition coefficient (Wildman–Crippen LogP) is 4.12. The number of ether oxygens (including phenoxy) is 1. The number of aliphatic carboxylic acids is 1. The Bertz CT molecular complexity index is 1060. The smallest absolute Gasteiger partial charge is 0.407 e. The minimum absolute atomic E-state index is 0.0716. The van der Waals surface area contributed by atoms with Gasteiger partial charge in [0.2, 0.25) is 5.91 Å². The van der Waals surface area contributed by atoms with Gasteiger partial charge >= 0.3 is 12.1 Å². The van der Waals surface area contributed by atoms with Crippen LogP contribution in [0.5, 0.6) is 0 Å². The molecule has 2 aromatic rings. The summed E-state index contributed by atoms with van der Waals surface area (Å²) in [6.07, 6.45) is -0.655. The number of rotatable bonds is 5. The first kappa shape index (κ1) is 23.8. The van der Waals surface area contributed by atoms with Gasteiger partial charge in [-0.2, -0.15) is 0 Å². The number of carboxylic acids is 1. The number of nitrogens with one attached hydrogen (secondary N) is 1. The van der Waals surface area contributed by atoms with Crippen molar-refractivity contribution in [3.63, 3.8) is 0 Å². The zero-order chi connectivity index (χ0) is 24.6. The van der Waals surface area contributed by atoms with E-state index in [1.807, 2.05) is 52.0 Å². The summed E-state index contributed by atoms with van der Waals surface area (Å²) in [5, 5.41) is 12.2. The first-order valence-corrected chi connectivity index (χ1v) is 11.7. The van der Waals surface area contributed by atoms with Crippen LogP contribution in [0, 0.1) is 17.3 Å². The van der Waals surface area contributed by atoms with Crippen LogP contribution in [0.4, 0.5) is 4.79 Å². The van der Waals surface area contributed by atoms with Crippen LogP contribution in [0.15, 0.2) is 48.5 Å². The van der Waals surface area contributed by atoms with E-state index in [2.05, 4.69) is 29.6 Å². The van der Waals surface area contributed by atoms with Crippen LogP contribution >= 0.6 is 0 Å². The summed E-state index contributed by atoms with van der Waals surface area (Å²) in [7, 11) is 0. The van der Waals surface area contributed by atoms with E-state index >= 15 is 0 Å². The molecular formula is C27H32N2O5. The Kier molecular flexibility index (Phi) is 6.39. The van der Waals surface area contributed by atoms with E-state index in [4.69, 9.17) is 4.74 Å². The number of carbonyl (C=O) groups excluding carboxylic acids is 2. The molecule has 180 valence electrons. The van der Waals surface area contributed by atoms with Crippen molar-refractivity contribution in [3.05, 3.63) is 59.7 Å². The molecule has 2 aromatic carbocycles. The molecule has 7 nitrogen and oxygen atoms in total. The zero-order valence-corrected chi connectivity index (χ0v) is 20.1. The van der Waals surface area contributed by atoms with Gasteiger partial charge in [0.15, 0.2) is 0 Å². The Morgan fingerprint density at radius 3 is 2.09 bits per heavy atom. The maximum Gasteiger partial charge on any atom is 0.407 e. The first-order chi connectivity index (χ1) is 16.1. The maximum absolute atomic E-state index is 13.3. The molecule has 2 amide bonds. The summed E-state index contributed by atoms with van der Waals surface area (Å²) in [4.78, 5) is 39.2. The largest absolute Gasteiger partial charge is 0.481 e. The van der Waals surface area contributed by atoms with E-state index in [1.54, 1.807) is 4.90 Å². The molecule has 7 heteroatoms. The van der Waals surface area contributed by atoms with Gasteiger partial charge in [0.1, 0.15) is 12.6 Å². The fourth-order valence-electron chi connectivity index (χ4n) is 5.06. The maximum atomic E-state index is 13.3. The average molecular weight is 465 g/mol. The van der Waals surface area contributed by atoms with E-state index < -0.39 is 29.4 Å². The molecule has 4 rings (SSSR count). The monoisotopic (exact) mass is 464 g/mol. The Balaban J connectivity index is 1.45. The number of nitrogens with zero attached hydrogens (tertiary/aromatic N) is 1. The molecule has 0 unspecified atom stereocenters. The Morgan fingerprint density at radius 2 is 1.59 bits per heavy atom. The fourth-order valence-corrected chi connectivity index (χ4v) is 5.06. The topological polar surface area (TPSA) is 95.9 Å². The van der Waals surface area contributed by atoms with Gasteiger partial charge in [-0.1, -0.05) is 76.2 Å². The molecule has 2 aliphatic rings. The van der Waals surface area contributed by atoms with Crippen molar-refractivity contribution in [2.24, 2.45) is 17.3 Å². The third-order valence-electron chi connectivity index (χ3n) is 6.96. The Labute approximate surface area is 200 Å². The number of fused-ring (bicyclic) bond motifs is 3. The van der Waals surface area contributed by atoms with E-state index in [9.17, 15) is 19.5 Å². The lowest BCUT2D eigenvalue weighted by Gasteiger charge is -2.33. The number of carboxylic acid groups (broad SMARTS) is 1. The average Bonchev–Trinajstić information content (AvgIpc) is 3.33. The summed E-state index contributed by atoms with van der Waals surface area (Å²) in [6.45, 7) is 8.10. The highest BCUT2D eigenvalue weighted by Crippen LogP contribution is 2.44. The fraction of sp³-hybridized carbons (Fsp3) is 0.444. The van der Waals surface area contributed by atoms with Gasteiger partial charge in [-0.3, -0.25) is 9.59 Å². The quantitative estimate of drug-likeness (QED) is 0.694. The number of hydrogen-bond acceptors (Lipinski definition) is 4. The van der Waals surface area contributed by atoms with Crippen LogP contribution in [0.3, 0.4) is 0 Å². The van der Waals surface area contributed by atoms with E-state index in [0.717, 1.165) is 22.3 Å². The molecule has 0 spiro atoms. The van der Waals surface area contributed by atoms with Crippen LogP contribution in [0.2, 0.25) is 0 Å². The minimum atomic E-state index is -0.903. The lowest BCUT2D eigenvalue weighted by Crippen LogP contribution is -2.54. The van der Waals surface area contributed by atoms with Crippen LogP contribution in [0.1, 0.15) is 44.7 Å². The van der Waals surface area contributed by atoms with Gasteiger partial charge in [-0.25, -0.2) is 4.79 Å². The number of hydrogen-bond donors (Lipinski definition) is 2. The first-order valence-electron chi connectivity index (χ1n) is 11.7. The van der Waals surface area contributed by atoms with Crippen molar-refractivity contribution in [3.8, 4) is 11.1 Å². The lowest BCUT2D eigenvalue weighted by atomic mass is 9.86. The van der Waals surface area contributed by atoms with Gasteiger partial charge in [-0.15, -0.1) is 0 Å². The van der Waals surface area contributed by atoms with Crippen molar-refractivity contribution in [1.82, 2.24) is 10.2 Å². The second-order valence-electron chi connectivity index (χ2n) is 10.4. The highest BCUT2D eigenvalue weighted by Gasteiger charge is 2.42. The molecule has 1 saturated heterocycles. The SMILES string of the molecule is C[C@@H]1CN(C(=O)[C@@H](NC(=O)OCC2c3ccccc3-c3ccccc32)C(C)(C)C)C[C@H]1C(=O)O. The van der Waals surface area contributed by atoms with Crippen molar-refractivity contribution in [1.29, 1.82) is 0 Å². The number of likely N-dealkylation sites (tertiary alicyclic amines) is 1.